The maximum absolute atomic E-state index is 12.8. The number of fused-ring (bicyclic) bond motifs is 1. The van der Waals surface area contributed by atoms with Crippen molar-refractivity contribution >= 4 is 22.0 Å². The van der Waals surface area contributed by atoms with E-state index >= 15 is 0 Å². The lowest BCUT2D eigenvalue weighted by Gasteiger charge is -2.45. The average Bonchev–Trinajstić information content (AvgIpc) is 2.52. The van der Waals surface area contributed by atoms with Crippen LogP contribution in [0.15, 0.2) is 0 Å². The molecule has 3 rings (SSSR count). The molecule has 2 amide bonds. The summed E-state index contributed by atoms with van der Waals surface area (Å²) < 4.78 is 28.4. The van der Waals surface area contributed by atoms with E-state index in [1.165, 1.54) is 18.4 Å². The summed E-state index contributed by atoms with van der Waals surface area (Å²) in [4.78, 5) is 29.3. The second kappa shape index (κ2) is 6.00. The summed E-state index contributed by atoms with van der Waals surface area (Å²) in [6, 6.07) is -0.697. The molecule has 3 aliphatic heterocycles. The van der Waals surface area contributed by atoms with Crippen molar-refractivity contribution in [2.75, 3.05) is 66.5 Å². The van der Waals surface area contributed by atoms with Crippen LogP contribution < -0.4 is 0 Å². The number of amides is 2. The van der Waals surface area contributed by atoms with E-state index in [4.69, 9.17) is 0 Å². The number of hydrogen-bond acceptors (Lipinski definition) is 5. The van der Waals surface area contributed by atoms with Gasteiger partial charge in [0.1, 0.15) is 6.04 Å². The fourth-order valence-corrected chi connectivity index (χ4v) is 4.88. The molecule has 1 atom stereocenters. The van der Waals surface area contributed by atoms with Crippen LogP contribution >= 0.6 is 0 Å². The van der Waals surface area contributed by atoms with Crippen molar-refractivity contribution in [3.8, 4) is 0 Å². The number of carbonyl (C=O) groups excluding carboxylic acids is 2. The number of rotatable bonds is 2. The molecule has 0 aromatic carbocycles. The SMILES string of the molecule is CN1CCN(S(=O)(=O)N2CCN3C(=O)CN(C)C(=O)[C@@H]3C2)CC1. The predicted molar refractivity (Wildman–Crippen MR) is 82.7 cm³/mol. The van der Waals surface area contributed by atoms with Crippen LogP contribution in [0.4, 0.5) is 0 Å². The Morgan fingerprint density at radius 3 is 2.17 bits per heavy atom. The van der Waals surface area contributed by atoms with E-state index < -0.39 is 16.3 Å². The van der Waals surface area contributed by atoms with Gasteiger partial charge >= 0.3 is 0 Å². The predicted octanol–water partition coefficient (Wildman–Crippen LogP) is -2.54. The van der Waals surface area contributed by atoms with Crippen molar-refractivity contribution in [2.45, 2.75) is 6.04 Å². The van der Waals surface area contributed by atoms with Crippen LogP contribution in [0.3, 0.4) is 0 Å². The van der Waals surface area contributed by atoms with E-state index in [1.54, 1.807) is 7.05 Å². The van der Waals surface area contributed by atoms with E-state index in [0.29, 0.717) is 26.2 Å². The first kappa shape index (κ1) is 16.6. The minimum atomic E-state index is -3.59. The molecule has 0 aromatic rings. The van der Waals surface area contributed by atoms with Crippen molar-refractivity contribution in [1.29, 1.82) is 0 Å². The Bertz CT molecular complexity index is 601. The molecule has 0 unspecified atom stereocenters. The zero-order valence-electron chi connectivity index (χ0n) is 13.5. The molecule has 0 aliphatic carbocycles. The molecule has 23 heavy (non-hydrogen) atoms. The fourth-order valence-electron chi connectivity index (χ4n) is 3.29. The lowest BCUT2D eigenvalue weighted by Crippen LogP contribution is -2.67. The smallest absolute Gasteiger partial charge is 0.282 e. The van der Waals surface area contributed by atoms with Crippen LogP contribution in [-0.2, 0) is 19.8 Å². The highest BCUT2D eigenvalue weighted by Gasteiger charge is 2.45. The number of hydrogen-bond donors (Lipinski definition) is 0. The molecule has 0 N–H and O–H groups in total. The molecule has 0 spiro atoms. The molecule has 0 saturated carbocycles. The Morgan fingerprint density at radius 2 is 1.52 bits per heavy atom. The normalized spacial score (nSPS) is 29.0. The van der Waals surface area contributed by atoms with Crippen molar-refractivity contribution < 1.29 is 18.0 Å². The average molecular weight is 345 g/mol. The molecule has 3 aliphatic rings. The highest BCUT2D eigenvalue weighted by Crippen LogP contribution is 2.21. The van der Waals surface area contributed by atoms with E-state index in [1.807, 2.05) is 7.05 Å². The van der Waals surface area contributed by atoms with Gasteiger partial charge in [0, 0.05) is 52.9 Å². The maximum atomic E-state index is 12.8. The van der Waals surface area contributed by atoms with Gasteiger partial charge in [-0.1, -0.05) is 0 Å². The molecule has 0 bridgehead atoms. The highest BCUT2D eigenvalue weighted by molar-refractivity contribution is 7.86. The third-order valence-corrected chi connectivity index (χ3v) is 6.81. The van der Waals surface area contributed by atoms with Crippen molar-refractivity contribution in [3.05, 3.63) is 0 Å². The fraction of sp³-hybridized carbons (Fsp3) is 0.846. The molecule has 10 heteroatoms. The molecule has 130 valence electrons. The van der Waals surface area contributed by atoms with Gasteiger partial charge in [-0.05, 0) is 7.05 Å². The molecule has 3 heterocycles. The van der Waals surface area contributed by atoms with E-state index in [-0.39, 0.29) is 38.0 Å². The van der Waals surface area contributed by atoms with E-state index in [2.05, 4.69) is 4.90 Å². The zero-order valence-corrected chi connectivity index (χ0v) is 14.3. The van der Waals surface area contributed by atoms with E-state index in [0.717, 1.165) is 0 Å². The molecule has 0 radical (unpaired) electrons. The zero-order chi connectivity index (χ0) is 16.8. The lowest BCUT2D eigenvalue weighted by molar-refractivity contribution is -0.156. The third kappa shape index (κ3) is 2.95. The Balaban J connectivity index is 1.75. The van der Waals surface area contributed by atoms with Gasteiger partial charge in [-0.15, -0.1) is 0 Å². The Labute approximate surface area is 136 Å². The molecular formula is C13H23N5O4S. The van der Waals surface area contributed by atoms with Gasteiger partial charge in [-0.3, -0.25) is 9.59 Å². The highest BCUT2D eigenvalue weighted by atomic mass is 32.2. The van der Waals surface area contributed by atoms with Crippen LogP contribution in [0.25, 0.3) is 0 Å². The number of carbonyl (C=O) groups is 2. The first-order valence-electron chi connectivity index (χ1n) is 7.79. The number of piperazine rings is 3. The first-order chi connectivity index (χ1) is 10.8. The van der Waals surface area contributed by atoms with Gasteiger partial charge in [0.2, 0.25) is 11.8 Å². The van der Waals surface area contributed by atoms with Crippen LogP contribution in [0.2, 0.25) is 0 Å². The molecule has 0 aromatic heterocycles. The van der Waals surface area contributed by atoms with Gasteiger partial charge in [0.05, 0.1) is 6.54 Å². The summed E-state index contributed by atoms with van der Waals surface area (Å²) >= 11 is 0. The second-order valence-electron chi connectivity index (χ2n) is 6.37. The minimum absolute atomic E-state index is 0.0452. The summed E-state index contributed by atoms with van der Waals surface area (Å²) in [5, 5.41) is 0. The topological polar surface area (TPSA) is 84.5 Å². The third-order valence-electron chi connectivity index (χ3n) is 4.81. The molecule has 9 nitrogen and oxygen atoms in total. The first-order valence-corrected chi connectivity index (χ1v) is 9.18. The van der Waals surface area contributed by atoms with Gasteiger partial charge in [0.15, 0.2) is 0 Å². The Kier molecular flexibility index (Phi) is 4.34. The Hall–Kier alpha value is -1.23. The molecular weight excluding hydrogens is 322 g/mol. The summed E-state index contributed by atoms with van der Waals surface area (Å²) in [6.45, 7) is 2.94. The van der Waals surface area contributed by atoms with Gasteiger partial charge < -0.3 is 14.7 Å². The van der Waals surface area contributed by atoms with Crippen molar-refractivity contribution in [3.63, 3.8) is 0 Å². The Morgan fingerprint density at radius 1 is 0.913 bits per heavy atom. The maximum Gasteiger partial charge on any atom is 0.282 e. The quantitative estimate of drug-likeness (QED) is 0.551. The van der Waals surface area contributed by atoms with E-state index in [9.17, 15) is 18.0 Å². The van der Waals surface area contributed by atoms with Gasteiger partial charge in [-0.25, -0.2) is 0 Å². The van der Waals surface area contributed by atoms with Crippen LogP contribution in [0.1, 0.15) is 0 Å². The molecule has 3 saturated heterocycles. The summed E-state index contributed by atoms with van der Waals surface area (Å²) in [5.41, 5.74) is 0. The second-order valence-corrected chi connectivity index (χ2v) is 8.29. The van der Waals surface area contributed by atoms with Crippen LogP contribution in [0.5, 0.6) is 0 Å². The monoisotopic (exact) mass is 345 g/mol. The summed E-state index contributed by atoms with van der Waals surface area (Å²) in [6.07, 6.45) is 0. The largest absolute Gasteiger partial charge is 0.335 e. The van der Waals surface area contributed by atoms with Crippen LogP contribution in [0, 0.1) is 0 Å². The number of likely N-dealkylation sites (N-methyl/N-ethyl adjacent to an activating group) is 2. The summed E-state index contributed by atoms with van der Waals surface area (Å²) in [5.74, 6) is -0.309. The van der Waals surface area contributed by atoms with Gasteiger partial charge in [0.25, 0.3) is 10.2 Å². The van der Waals surface area contributed by atoms with Crippen LogP contribution in [-0.4, -0.2) is 116 Å². The lowest BCUT2D eigenvalue weighted by atomic mass is 10.1. The molecule has 3 fully saturated rings. The van der Waals surface area contributed by atoms with Crippen molar-refractivity contribution in [1.82, 2.24) is 23.3 Å². The standard InChI is InChI=1S/C13H23N5O4S/c1-14-3-5-16(6-4-14)23(21,22)17-7-8-18-11(9-17)13(20)15(2)10-12(18)19/h11H,3-10H2,1-2H3/t11-/m0/s1. The van der Waals surface area contributed by atoms with Gasteiger partial charge in [-0.2, -0.15) is 17.0 Å². The van der Waals surface area contributed by atoms with Crippen molar-refractivity contribution in [2.24, 2.45) is 0 Å². The minimum Gasteiger partial charge on any atom is -0.335 e. The number of nitrogens with zero attached hydrogens (tertiary/aromatic N) is 5. The summed E-state index contributed by atoms with van der Waals surface area (Å²) in [7, 11) is -0.0481.